The Kier molecular flexibility index (Phi) is 10.2. The number of rotatable bonds is 8. The van der Waals surface area contributed by atoms with Crippen molar-refractivity contribution in [3.8, 4) is 0 Å². The molecule has 0 radical (unpaired) electrons. The van der Waals surface area contributed by atoms with Crippen LogP contribution in [-0.2, 0) is 16.1 Å². The number of carbonyl (C=O) groups is 2. The van der Waals surface area contributed by atoms with Gasteiger partial charge in [-0.05, 0) is 19.4 Å². The largest absolute Gasteiger partial charge is 1.00 e. The van der Waals surface area contributed by atoms with Gasteiger partial charge in [0.2, 0.25) is 5.91 Å². The van der Waals surface area contributed by atoms with E-state index < -0.39 is 11.6 Å². The molecule has 26 heavy (non-hydrogen) atoms. The van der Waals surface area contributed by atoms with Crippen molar-refractivity contribution < 1.29 is 42.8 Å². The number of ether oxygens (including phenoxy) is 1. The van der Waals surface area contributed by atoms with Crippen molar-refractivity contribution in [2.24, 2.45) is 0 Å². The van der Waals surface area contributed by atoms with Gasteiger partial charge in [-0.2, -0.15) is 0 Å². The van der Waals surface area contributed by atoms with Gasteiger partial charge in [0.1, 0.15) is 6.61 Å². The number of nitrogens with zero attached hydrogens (tertiary/aromatic N) is 2. The Balaban J connectivity index is 0.00000625. The van der Waals surface area contributed by atoms with Gasteiger partial charge in [0.15, 0.2) is 0 Å². The van der Waals surface area contributed by atoms with E-state index in [0.717, 1.165) is 16.6 Å². The van der Waals surface area contributed by atoms with Gasteiger partial charge >= 0.3 is 6.09 Å². The molecule has 1 rings (SSSR count). The first-order valence-electron chi connectivity index (χ1n) is 8.52. The first kappa shape index (κ1) is 24.7. The molecule has 1 aromatic rings. The van der Waals surface area contributed by atoms with Crippen LogP contribution in [0.4, 0.5) is 4.79 Å². The fraction of sp³-hybridized carbons (Fsp3) is 0.579. The van der Waals surface area contributed by atoms with Gasteiger partial charge in [0.05, 0.1) is 34.2 Å². The van der Waals surface area contributed by atoms with Crippen LogP contribution in [0.5, 0.6) is 0 Å². The molecular formula is C19H32IN3O3. The molecule has 6 nitrogen and oxygen atoms in total. The Bertz CT molecular complexity index is 571. The number of benzene rings is 1. The lowest BCUT2D eigenvalue weighted by atomic mass is 10.00. The molecule has 2 amide bonds. The number of halogens is 1. The number of alkyl carbamates (subject to hydrolysis) is 1. The Morgan fingerprint density at radius 1 is 1.15 bits per heavy atom. The Hall–Kier alpha value is -1.35. The summed E-state index contributed by atoms with van der Waals surface area (Å²) in [4.78, 5) is 26.1. The van der Waals surface area contributed by atoms with Crippen LogP contribution >= 0.6 is 0 Å². The maximum atomic E-state index is 12.4. The number of quaternary nitrogens is 1. The number of likely N-dealkylation sites (N-methyl/N-ethyl adjacent to an activating group) is 2. The van der Waals surface area contributed by atoms with E-state index in [2.05, 4.69) is 26.5 Å². The second-order valence-corrected chi connectivity index (χ2v) is 8.08. The predicted octanol–water partition coefficient (Wildman–Crippen LogP) is -0.750. The highest BCUT2D eigenvalue weighted by molar-refractivity contribution is 5.78. The maximum Gasteiger partial charge on any atom is 0.407 e. The molecule has 0 atom stereocenters. The van der Waals surface area contributed by atoms with Gasteiger partial charge in [-0.3, -0.25) is 4.79 Å². The molecule has 7 heteroatoms. The van der Waals surface area contributed by atoms with Crippen molar-refractivity contribution in [1.82, 2.24) is 10.2 Å². The molecule has 0 bridgehead atoms. The van der Waals surface area contributed by atoms with Crippen molar-refractivity contribution in [2.45, 2.75) is 32.4 Å². The van der Waals surface area contributed by atoms with Crippen LogP contribution in [0, 0.1) is 0 Å². The summed E-state index contributed by atoms with van der Waals surface area (Å²) in [6.45, 7) is 5.40. The molecular weight excluding hydrogens is 445 g/mol. The van der Waals surface area contributed by atoms with Crippen LogP contribution in [0.1, 0.15) is 25.8 Å². The van der Waals surface area contributed by atoms with Crippen LogP contribution < -0.4 is 29.3 Å². The van der Waals surface area contributed by atoms with E-state index in [0.29, 0.717) is 6.54 Å². The fourth-order valence-electron chi connectivity index (χ4n) is 2.17. The minimum Gasteiger partial charge on any atom is -1.00 e. The van der Waals surface area contributed by atoms with Gasteiger partial charge < -0.3 is 43.4 Å². The molecule has 0 spiro atoms. The summed E-state index contributed by atoms with van der Waals surface area (Å²) < 4.78 is 6.02. The van der Waals surface area contributed by atoms with Crippen LogP contribution in [0.3, 0.4) is 0 Å². The van der Waals surface area contributed by atoms with Gasteiger partial charge in [0.25, 0.3) is 0 Å². The molecule has 1 N–H and O–H groups in total. The molecule has 0 aliphatic heterocycles. The molecule has 0 aliphatic rings. The minimum atomic E-state index is -0.671. The first-order valence-corrected chi connectivity index (χ1v) is 8.52. The van der Waals surface area contributed by atoms with Crippen molar-refractivity contribution in [3.63, 3.8) is 0 Å². The van der Waals surface area contributed by atoms with Gasteiger partial charge in [-0.15, -0.1) is 0 Å². The second kappa shape index (κ2) is 10.7. The van der Waals surface area contributed by atoms with Crippen molar-refractivity contribution in [1.29, 1.82) is 0 Å². The zero-order valence-electron chi connectivity index (χ0n) is 16.7. The lowest BCUT2D eigenvalue weighted by Gasteiger charge is -2.30. The summed E-state index contributed by atoms with van der Waals surface area (Å²) >= 11 is 0. The van der Waals surface area contributed by atoms with Crippen LogP contribution in [0.15, 0.2) is 30.3 Å². The normalized spacial score (nSPS) is 11.3. The summed E-state index contributed by atoms with van der Waals surface area (Å²) in [5, 5.41) is 2.77. The van der Waals surface area contributed by atoms with E-state index in [-0.39, 0.29) is 42.9 Å². The number of hydrogen-bond acceptors (Lipinski definition) is 3. The molecule has 1 aromatic carbocycles. The topological polar surface area (TPSA) is 58.6 Å². The third kappa shape index (κ3) is 10.6. The average molecular weight is 477 g/mol. The summed E-state index contributed by atoms with van der Waals surface area (Å²) in [5.41, 5.74) is 0.252. The molecule has 148 valence electrons. The number of amides is 2. The molecule has 0 saturated carbocycles. The lowest BCUT2D eigenvalue weighted by Crippen LogP contribution is -3.00. The van der Waals surface area contributed by atoms with E-state index >= 15 is 0 Å². The smallest absolute Gasteiger partial charge is 0.407 e. The molecule has 0 aromatic heterocycles. The van der Waals surface area contributed by atoms with Crippen molar-refractivity contribution >= 4 is 12.0 Å². The third-order valence-electron chi connectivity index (χ3n) is 3.78. The van der Waals surface area contributed by atoms with Crippen LogP contribution in [0.2, 0.25) is 0 Å². The third-order valence-corrected chi connectivity index (χ3v) is 3.78. The zero-order chi connectivity index (χ0) is 19.1. The highest BCUT2D eigenvalue weighted by Gasteiger charge is 2.27. The molecule has 0 saturated heterocycles. The SMILES string of the molecule is CN(CC[N+](C)(C)C)C(=O)CC(C)(C)NC(=O)OCc1ccccc1.[I-]. The van der Waals surface area contributed by atoms with E-state index in [1.54, 1.807) is 11.9 Å². The van der Waals surface area contributed by atoms with Gasteiger partial charge in [0, 0.05) is 19.0 Å². The Morgan fingerprint density at radius 2 is 1.73 bits per heavy atom. The molecule has 0 aliphatic carbocycles. The summed E-state index contributed by atoms with van der Waals surface area (Å²) in [7, 11) is 8.06. The highest BCUT2D eigenvalue weighted by atomic mass is 127. The highest BCUT2D eigenvalue weighted by Crippen LogP contribution is 2.11. The van der Waals surface area contributed by atoms with E-state index in [1.165, 1.54) is 0 Å². The lowest BCUT2D eigenvalue weighted by molar-refractivity contribution is -0.869. The summed E-state index contributed by atoms with van der Waals surface area (Å²) in [5.74, 6) is 0.00168. The Morgan fingerprint density at radius 3 is 2.27 bits per heavy atom. The molecule has 0 heterocycles. The average Bonchev–Trinajstić information content (AvgIpc) is 2.50. The second-order valence-electron chi connectivity index (χ2n) is 8.08. The maximum absolute atomic E-state index is 12.4. The summed E-state index contributed by atoms with van der Waals surface area (Å²) in [6, 6.07) is 9.49. The Labute approximate surface area is 174 Å². The van der Waals surface area contributed by atoms with Crippen molar-refractivity contribution in [2.75, 3.05) is 41.3 Å². The van der Waals surface area contributed by atoms with E-state index in [4.69, 9.17) is 4.74 Å². The number of hydrogen-bond donors (Lipinski definition) is 1. The molecule has 0 fully saturated rings. The van der Waals surface area contributed by atoms with E-state index in [9.17, 15) is 9.59 Å². The fourth-order valence-corrected chi connectivity index (χ4v) is 2.17. The molecule has 0 unspecified atom stereocenters. The van der Waals surface area contributed by atoms with Crippen molar-refractivity contribution in [3.05, 3.63) is 35.9 Å². The van der Waals surface area contributed by atoms with E-state index in [1.807, 2.05) is 44.2 Å². The number of carbonyl (C=O) groups excluding carboxylic acids is 2. The standard InChI is InChI=1S/C19H31N3O3.HI/c1-19(2,14-17(23)21(3)12-13-22(4,5)6)20-18(24)25-15-16-10-8-7-9-11-16;/h7-11H,12-15H2,1-6H3;1H. The van der Waals surface area contributed by atoms with Crippen LogP contribution in [-0.4, -0.2) is 68.2 Å². The van der Waals surface area contributed by atoms with Gasteiger partial charge in [-0.25, -0.2) is 4.79 Å². The zero-order valence-corrected chi connectivity index (χ0v) is 18.9. The monoisotopic (exact) mass is 477 g/mol. The van der Waals surface area contributed by atoms with Gasteiger partial charge in [-0.1, -0.05) is 30.3 Å². The predicted molar refractivity (Wildman–Crippen MR) is 99.0 cm³/mol. The minimum absolute atomic E-state index is 0. The summed E-state index contributed by atoms with van der Waals surface area (Å²) in [6.07, 6.45) is -0.295. The first-order chi connectivity index (χ1) is 11.5. The number of nitrogens with one attached hydrogen (secondary N) is 1. The van der Waals surface area contributed by atoms with Crippen LogP contribution in [0.25, 0.3) is 0 Å². The quantitative estimate of drug-likeness (QED) is 0.396.